The zero-order chi connectivity index (χ0) is 19.0. The van der Waals surface area contributed by atoms with Crippen molar-refractivity contribution in [1.82, 2.24) is 14.7 Å². The van der Waals surface area contributed by atoms with Crippen LogP contribution < -0.4 is 5.56 Å². The number of aromatic nitrogens is 2. The van der Waals surface area contributed by atoms with Gasteiger partial charge in [-0.05, 0) is 37.3 Å². The number of amides is 1. The molecule has 1 aliphatic heterocycles. The Labute approximate surface area is 164 Å². The summed E-state index contributed by atoms with van der Waals surface area (Å²) in [5, 5.41) is 3.05. The molecule has 1 aliphatic rings. The van der Waals surface area contributed by atoms with Gasteiger partial charge in [-0.2, -0.15) is 0 Å². The Bertz CT molecular complexity index is 1100. The van der Waals surface area contributed by atoms with Gasteiger partial charge in [-0.3, -0.25) is 19.6 Å². The lowest BCUT2D eigenvalue weighted by atomic mass is 10.2. The highest BCUT2D eigenvalue weighted by Gasteiger charge is 2.33. The van der Waals surface area contributed by atoms with Crippen molar-refractivity contribution < 1.29 is 9.21 Å². The Morgan fingerprint density at radius 1 is 1.19 bits per heavy atom. The molecule has 136 valence electrons. The van der Waals surface area contributed by atoms with Crippen LogP contribution >= 0.6 is 24.0 Å². The number of hydrogen-bond donors (Lipinski definition) is 1. The predicted octanol–water partition coefficient (Wildman–Crippen LogP) is 3.47. The third-order valence-electron chi connectivity index (χ3n) is 4.17. The quantitative estimate of drug-likeness (QED) is 0.539. The number of thioether (sulfide) groups is 1. The molecule has 1 N–H and O–H groups in total. The van der Waals surface area contributed by atoms with Gasteiger partial charge in [0.2, 0.25) is 0 Å². The summed E-state index contributed by atoms with van der Waals surface area (Å²) >= 11 is 6.51. The van der Waals surface area contributed by atoms with Gasteiger partial charge in [0, 0.05) is 5.69 Å². The number of rotatable bonds is 4. The van der Waals surface area contributed by atoms with Crippen LogP contribution in [0, 0.1) is 6.92 Å². The highest BCUT2D eigenvalue weighted by atomic mass is 32.2. The SMILES string of the molecule is Cc1[nH]n(-c2ccccc2)c(=O)c1/C=C1/SC(=S)N(Cc2ccco2)C1=O. The Morgan fingerprint density at radius 2 is 1.96 bits per heavy atom. The predicted molar refractivity (Wildman–Crippen MR) is 109 cm³/mol. The molecule has 27 heavy (non-hydrogen) atoms. The first-order chi connectivity index (χ1) is 13.0. The van der Waals surface area contributed by atoms with Crippen molar-refractivity contribution in [2.24, 2.45) is 0 Å². The number of aryl methyl sites for hydroxylation is 1. The molecule has 0 aliphatic carbocycles. The van der Waals surface area contributed by atoms with Crippen molar-refractivity contribution in [2.75, 3.05) is 0 Å². The van der Waals surface area contributed by atoms with E-state index in [0.717, 1.165) is 5.69 Å². The van der Waals surface area contributed by atoms with Crippen molar-refractivity contribution in [3.05, 3.63) is 81.0 Å². The van der Waals surface area contributed by atoms with Crippen molar-refractivity contribution in [3.63, 3.8) is 0 Å². The third kappa shape index (κ3) is 3.29. The van der Waals surface area contributed by atoms with Gasteiger partial charge in [-0.25, -0.2) is 4.68 Å². The molecule has 2 aromatic heterocycles. The summed E-state index contributed by atoms with van der Waals surface area (Å²) in [5.41, 5.74) is 1.64. The summed E-state index contributed by atoms with van der Waals surface area (Å²) in [5.74, 6) is 0.421. The first-order valence-electron chi connectivity index (χ1n) is 8.19. The number of H-pyrrole nitrogens is 1. The number of aromatic amines is 1. The van der Waals surface area contributed by atoms with Gasteiger partial charge < -0.3 is 4.42 Å². The number of para-hydroxylation sites is 1. The van der Waals surface area contributed by atoms with Crippen molar-refractivity contribution in [3.8, 4) is 5.69 Å². The van der Waals surface area contributed by atoms with E-state index >= 15 is 0 Å². The van der Waals surface area contributed by atoms with Crippen LogP contribution in [0.5, 0.6) is 0 Å². The fourth-order valence-corrected chi connectivity index (χ4v) is 4.05. The minimum Gasteiger partial charge on any atom is -0.467 e. The minimum absolute atomic E-state index is 0.213. The maximum absolute atomic E-state index is 12.8. The summed E-state index contributed by atoms with van der Waals surface area (Å²) in [6.45, 7) is 2.08. The molecule has 0 saturated carbocycles. The minimum atomic E-state index is -0.229. The van der Waals surface area contributed by atoms with E-state index in [2.05, 4.69) is 5.10 Å². The Morgan fingerprint density at radius 3 is 2.67 bits per heavy atom. The summed E-state index contributed by atoms with van der Waals surface area (Å²) < 4.78 is 7.20. The summed E-state index contributed by atoms with van der Waals surface area (Å²) in [6, 6.07) is 12.8. The second kappa shape index (κ2) is 7.05. The lowest BCUT2D eigenvalue weighted by Crippen LogP contribution is -2.27. The Balaban J connectivity index is 1.66. The number of benzene rings is 1. The molecule has 1 fully saturated rings. The molecule has 0 bridgehead atoms. The lowest BCUT2D eigenvalue weighted by Gasteiger charge is -2.11. The number of carbonyl (C=O) groups excluding carboxylic acids is 1. The molecule has 3 aromatic rings. The molecular weight excluding hydrogens is 382 g/mol. The highest BCUT2D eigenvalue weighted by Crippen LogP contribution is 2.33. The number of thiocarbonyl (C=S) groups is 1. The normalized spacial score (nSPS) is 15.9. The lowest BCUT2D eigenvalue weighted by molar-refractivity contribution is -0.122. The van der Waals surface area contributed by atoms with E-state index in [9.17, 15) is 9.59 Å². The number of nitrogens with zero attached hydrogens (tertiary/aromatic N) is 2. The molecule has 0 radical (unpaired) electrons. The van der Waals surface area contributed by atoms with Gasteiger partial charge in [0.1, 0.15) is 10.1 Å². The number of furan rings is 1. The second-order valence-corrected chi connectivity index (χ2v) is 7.65. The van der Waals surface area contributed by atoms with Crippen LogP contribution in [0.3, 0.4) is 0 Å². The Kier molecular flexibility index (Phi) is 4.59. The van der Waals surface area contributed by atoms with Gasteiger partial charge in [-0.1, -0.05) is 42.2 Å². The van der Waals surface area contributed by atoms with E-state index in [-0.39, 0.29) is 18.0 Å². The molecule has 8 heteroatoms. The monoisotopic (exact) mass is 397 g/mol. The third-order valence-corrected chi connectivity index (χ3v) is 5.55. The van der Waals surface area contributed by atoms with Crippen LogP contribution in [0.2, 0.25) is 0 Å². The average Bonchev–Trinajstić information content (AvgIpc) is 3.35. The van der Waals surface area contributed by atoms with E-state index in [4.69, 9.17) is 16.6 Å². The Hall–Kier alpha value is -2.84. The topological polar surface area (TPSA) is 71.2 Å². The van der Waals surface area contributed by atoms with E-state index < -0.39 is 0 Å². The second-order valence-electron chi connectivity index (χ2n) is 5.97. The summed E-state index contributed by atoms with van der Waals surface area (Å²) in [6.07, 6.45) is 3.16. The fraction of sp³-hybridized carbons (Fsp3) is 0.105. The first-order valence-corrected chi connectivity index (χ1v) is 9.42. The molecule has 3 heterocycles. The van der Waals surface area contributed by atoms with Gasteiger partial charge in [-0.15, -0.1) is 0 Å². The molecule has 0 atom stereocenters. The molecule has 1 amide bonds. The number of carbonyl (C=O) groups is 1. The van der Waals surface area contributed by atoms with Crippen LogP contribution in [0.4, 0.5) is 0 Å². The smallest absolute Gasteiger partial charge is 0.278 e. The van der Waals surface area contributed by atoms with E-state index in [1.54, 1.807) is 31.4 Å². The highest BCUT2D eigenvalue weighted by molar-refractivity contribution is 8.26. The maximum Gasteiger partial charge on any atom is 0.278 e. The zero-order valence-corrected chi connectivity index (χ0v) is 16.0. The molecule has 0 unspecified atom stereocenters. The number of nitrogens with one attached hydrogen (secondary N) is 1. The van der Waals surface area contributed by atoms with Crippen LogP contribution in [-0.2, 0) is 11.3 Å². The van der Waals surface area contributed by atoms with Gasteiger partial charge in [0.05, 0.1) is 29.0 Å². The number of hydrogen-bond acceptors (Lipinski definition) is 5. The maximum atomic E-state index is 12.8. The van der Waals surface area contributed by atoms with Crippen LogP contribution in [0.15, 0.2) is 62.8 Å². The standard InChI is InChI=1S/C19H15N3O3S2/c1-12-15(17(23)22(20-12)13-6-3-2-4-7-13)10-16-18(24)21(19(26)27-16)11-14-8-5-9-25-14/h2-10,20H,11H2,1H3/b16-10+. The van der Waals surface area contributed by atoms with Crippen molar-refractivity contribution in [2.45, 2.75) is 13.5 Å². The fourth-order valence-electron chi connectivity index (χ4n) is 2.81. The van der Waals surface area contributed by atoms with Crippen molar-refractivity contribution in [1.29, 1.82) is 0 Å². The summed E-state index contributed by atoms with van der Waals surface area (Å²) in [7, 11) is 0. The molecule has 1 aromatic carbocycles. The van der Waals surface area contributed by atoms with Crippen LogP contribution in [-0.4, -0.2) is 24.9 Å². The molecule has 1 saturated heterocycles. The first kappa shape index (κ1) is 17.6. The molecule has 0 spiro atoms. The largest absolute Gasteiger partial charge is 0.467 e. The molecule has 4 rings (SSSR count). The zero-order valence-electron chi connectivity index (χ0n) is 14.3. The van der Waals surface area contributed by atoms with Crippen molar-refractivity contribution >= 4 is 40.3 Å². The van der Waals surface area contributed by atoms with Gasteiger partial charge in [0.25, 0.3) is 11.5 Å². The molecule has 6 nitrogen and oxygen atoms in total. The van der Waals surface area contributed by atoms with E-state index in [1.807, 2.05) is 30.3 Å². The van der Waals surface area contributed by atoms with Crippen LogP contribution in [0.25, 0.3) is 11.8 Å². The summed E-state index contributed by atoms with van der Waals surface area (Å²) in [4.78, 5) is 27.4. The van der Waals surface area contributed by atoms with E-state index in [0.29, 0.717) is 26.2 Å². The van der Waals surface area contributed by atoms with E-state index in [1.165, 1.54) is 21.3 Å². The van der Waals surface area contributed by atoms with Gasteiger partial charge >= 0.3 is 0 Å². The van der Waals surface area contributed by atoms with Gasteiger partial charge in [0.15, 0.2) is 0 Å². The van der Waals surface area contributed by atoms with Crippen LogP contribution in [0.1, 0.15) is 17.0 Å². The average molecular weight is 397 g/mol. The molecular formula is C19H15N3O3S2.